The Labute approximate surface area is 115 Å². The highest BCUT2D eigenvalue weighted by Gasteiger charge is 2.28. The van der Waals surface area contributed by atoms with Crippen LogP contribution >= 0.6 is 0 Å². The first-order valence-corrected chi connectivity index (χ1v) is 7.79. The van der Waals surface area contributed by atoms with E-state index in [0.29, 0.717) is 18.5 Å². The second-order valence-corrected chi connectivity index (χ2v) is 6.46. The van der Waals surface area contributed by atoms with Crippen molar-refractivity contribution in [2.24, 2.45) is 5.73 Å². The van der Waals surface area contributed by atoms with Crippen molar-refractivity contribution in [2.75, 3.05) is 13.2 Å². The predicted octanol–water partition coefficient (Wildman–Crippen LogP) is 0.927. The summed E-state index contributed by atoms with van der Waals surface area (Å²) in [6.45, 7) is 4.09. The van der Waals surface area contributed by atoms with Gasteiger partial charge in [0.15, 0.2) is 0 Å². The van der Waals surface area contributed by atoms with E-state index in [4.69, 9.17) is 10.8 Å². The normalized spacial score (nSPS) is 12.3. The van der Waals surface area contributed by atoms with E-state index in [1.165, 1.54) is 4.31 Å². The maximum atomic E-state index is 12.6. The number of rotatable bonds is 7. The van der Waals surface area contributed by atoms with E-state index in [9.17, 15) is 8.42 Å². The van der Waals surface area contributed by atoms with Gasteiger partial charge in [0.25, 0.3) is 0 Å². The minimum Gasteiger partial charge on any atom is -0.396 e. The molecule has 5 nitrogen and oxygen atoms in total. The van der Waals surface area contributed by atoms with E-state index in [-0.39, 0.29) is 24.1 Å². The fraction of sp³-hybridized carbons (Fsp3) is 0.538. The molecule has 0 unspecified atom stereocenters. The van der Waals surface area contributed by atoms with E-state index in [1.54, 1.807) is 24.3 Å². The summed E-state index contributed by atoms with van der Waals surface area (Å²) in [5, 5.41) is 8.89. The van der Waals surface area contributed by atoms with Gasteiger partial charge in [0.1, 0.15) is 0 Å². The Kier molecular flexibility index (Phi) is 5.93. The number of benzene rings is 1. The van der Waals surface area contributed by atoms with Crippen molar-refractivity contribution in [3.63, 3.8) is 0 Å². The Morgan fingerprint density at radius 2 is 1.95 bits per heavy atom. The molecule has 0 spiro atoms. The molecule has 0 fully saturated rings. The smallest absolute Gasteiger partial charge is 0.243 e. The number of nitrogens with zero attached hydrogens (tertiary/aromatic N) is 1. The molecular formula is C13H22N2O3S. The van der Waals surface area contributed by atoms with Crippen molar-refractivity contribution >= 4 is 10.0 Å². The topological polar surface area (TPSA) is 83.6 Å². The van der Waals surface area contributed by atoms with E-state index >= 15 is 0 Å². The summed E-state index contributed by atoms with van der Waals surface area (Å²) in [7, 11) is -3.57. The van der Waals surface area contributed by atoms with Crippen molar-refractivity contribution in [1.82, 2.24) is 4.31 Å². The maximum absolute atomic E-state index is 12.6. The highest BCUT2D eigenvalue weighted by Crippen LogP contribution is 2.22. The quantitative estimate of drug-likeness (QED) is 0.781. The van der Waals surface area contributed by atoms with Crippen LogP contribution < -0.4 is 5.73 Å². The zero-order valence-electron chi connectivity index (χ0n) is 11.4. The van der Waals surface area contributed by atoms with Crippen LogP contribution in [-0.2, 0) is 16.6 Å². The molecule has 0 aliphatic carbocycles. The van der Waals surface area contributed by atoms with Crippen LogP contribution in [0.2, 0.25) is 0 Å². The Morgan fingerprint density at radius 3 is 2.47 bits per heavy atom. The summed E-state index contributed by atoms with van der Waals surface area (Å²) in [5.74, 6) is 0. The van der Waals surface area contributed by atoms with E-state index in [1.807, 2.05) is 13.8 Å². The zero-order chi connectivity index (χ0) is 14.5. The van der Waals surface area contributed by atoms with Gasteiger partial charge in [-0.1, -0.05) is 18.2 Å². The molecule has 0 heterocycles. The highest BCUT2D eigenvalue weighted by molar-refractivity contribution is 7.89. The van der Waals surface area contributed by atoms with Crippen LogP contribution in [0.5, 0.6) is 0 Å². The highest BCUT2D eigenvalue weighted by atomic mass is 32.2. The van der Waals surface area contributed by atoms with Gasteiger partial charge in [-0.05, 0) is 31.9 Å². The molecule has 0 amide bonds. The number of aliphatic hydroxyl groups excluding tert-OH is 1. The average molecular weight is 286 g/mol. The third-order valence-corrected chi connectivity index (χ3v) is 5.07. The lowest BCUT2D eigenvalue weighted by molar-refractivity contribution is 0.258. The summed E-state index contributed by atoms with van der Waals surface area (Å²) >= 11 is 0. The molecule has 19 heavy (non-hydrogen) atoms. The molecule has 1 rings (SSSR count). The van der Waals surface area contributed by atoms with Crippen molar-refractivity contribution < 1.29 is 13.5 Å². The molecule has 0 aromatic heterocycles. The summed E-state index contributed by atoms with van der Waals surface area (Å²) in [5.41, 5.74) is 6.21. The first-order valence-electron chi connectivity index (χ1n) is 6.35. The molecule has 0 atom stereocenters. The number of hydrogen-bond acceptors (Lipinski definition) is 4. The number of hydrogen-bond donors (Lipinski definition) is 2. The first-order chi connectivity index (χ1) is 8.95. The summed E-state index contributed by atoms with van der Waals surface area (Å²) in [4.78, 5) is 0.254. The van der Waals surface area contributed by atoms with Gasteiger partial charge in [-0.2, -0.15) is 4.31 Å². The lowest BCUT2D eigenvalue weighted by Crippen LogP contribution is -2.38. The van der Waals surface area contributed by atoms with Crippen LogP contribution in [-0.4, -0.2) is 37.0 Å². The van der Waals surface area contributed by atoms with Crippen LogP contribution in [0.1, 0.15) is 25.8 Å². The summed E-state index contributed by atoms with van der Waals surface area (Å²) < 4.78 is 26.7. The monoisotopic (exact) mass is 286 g/mol. The lowest BCUT2D eigenvalue weighted by atomic mass is 10.2. The third kappa shape index (κ3) is 3.76. The van der Waals surface area contributed by atoms with Gasteiger partial charge in [0.05, 0.1) is 4.90 Å². The van der Waals surface area contributed by atoms with Gasteiger partial charge in [0, 0.05) is 25.7 Å². The summed E-state index contributed by atoms with van der Waals surface area (Å²) in [6.07, 6.45) is 0.419. The first kappa shape index (κ1) is 16.1. The van der Waals surface area contributed by atoms with Gasteiger partial charge in [0.2, 0.25) is 10.0 Å². The molecule has 1 aromatic carbocycles. The molecule has 0 saturated heterocycles. The van der Waals surface area contributed by atoms with Crippen LogP contribution in [0.4, 0.5) is 0 Å². The molecule has 1 aromatic rings. The molecule has 0 aliphatic heterocycles. The molecule has 0 aliphatic rings. The largest absolute Gasteiger partial charge is 0.396 e. The average Bonchev–Trinajstić information content (AvgIpc) is 2.38. The van der Waals surface area contributed by atoms with Gasteiger partial charge < -0.3 is 10.8 Å². The molecule has 0 saturated carbocycles. The van der Waals surface area contributed by atoms with Gasteiger partial charge in [-0.15, -0.1) is 0 Å². The fourth-order valence-corrected chi connectivity index (χ4v) is 3.84. The van der Waals surface area contributed by atoms with Crippen LogP contribution in [0.15, 0.2) is 29.2 Å². The number of aliphatic hydroxyl groups is 1. The van der Waals surface area contributed by atoms with E-state index < -0.39 is 10.0 Å². The van der Waals surface area contributed by atoms with E-state index in [0.717, 1.165) is 0 Å². The van der Waals surface area contributed by atoms with Crippen LogP contribution in [0, 0.1) is 0 Å². The molecular weight excluding hydrogens is 264 g/mol. The standard InChI is InChI=1S/C13H22N2O3S/c1-11(2)15(8-5-9-16)19(17,18)13-7-4-3-6-12(13)10-14/h3-4,6-7,11,16H,5,8-10,14H2,1-2H3. The fourth-order valence-electron chi connectivity index (χ4n) is 1.93. The zero-order valence-corrected chi connectivity index (χ0v) is 12.2. The van der Waals surface area contributed by atoms with Crippen molar-refractivity contribution in [2.45, 2.75) is 37.8 Å². The molecule has 3 N–H and O–H groups in total. The SMILES string of the molecule is CC(C)N(CCCO)S(=O)(=O)c1ccccc1CN. The Balaban J connectivity index is 3.19. The minimum absolute atomic E-state index is 0.0305. The van der Waals surface area contributed by atoms with Crippen LogP contribution in [0.25, 0.3) is 0 Å². The summed E-state index contributed by atoms with van der Waals surface area (Å²) in [6, 6.07) is 6.59. The van der Waals surface area contributed by atoms with Crippen molar-refractivity contribution in [3.8, 4) is 0 Å². The lowest BCUT2D eigenvalue weighted by Gasteiger charge is -2.26. The van der Waals surface area contributed by atoms with Gasteiger partial charge in [-0.25, -0.2) is 8.42 Å². The number of nitrogens with two attached hydrogens (primary N) is 1. The molecule has 0 radical (unpaired) electrons. The Morgan fingerprint density at radius 1 is 1.32 bits per heavy atom. The Hall–Kier alpha value is -0.950. The molecule has 0 bridgehead atoms. The predicted molar refractivity (Wildman–Crippen MR) is 75.1 cm³/mol. The van der Waals surface area contributed by atoms with Crippen LogP contribution in [0.3, 0.4) is 0 Å². The third-order valence-electron chi connectivity index (χ3n) is 2.89. The van der Waals surface area contributed by atoms with Crippen molar-refractivity contribution in [3.05, 3.63) is 29.8 Å². The molecule has 6 heteroatoms. The van der Waals surface area contributed by atoms with Crippen molar-refractivity contribution in [1.29, 1.82) is 0 Å². The van der Waals surface area contributed by atoms with Gasteiger partial charge in [-0.3, -0.25) is 0 Å². The van der Waals surface area contributed by atoms with Gasteiger partial charge >= 0.3 is 0 Å². The van der Waals surface area contributed by atoms with E-state index in [2.05, 4.69) is 0 Å². The minimum atomic E-state index is -3.57. The second-order valence-electron chi connectivity index (χ2n) is 4.60. The molecule has 108 valence electrons. The Bertz CT molecular complexity index is 500. The maximum Gasteiger partial charge on any atom is 0.243 e. The second kappa shape index (κ2) is 7.00. The number of sulfonamides is 1.